The van der Waals surface area contributed by atoms with Gasteiger partial charge in [-0.25, -0.2) is 4.98 Å². The van der Waals surface area contributed by atoms with Crippen LogP contribution in [-0.4, -0.2) is 28.5 Å². The maximum atomic E-state index is 12.1. The minimum atomic E-state index is -0.108. The van der Waals surface area contributed by atoms with Crippen molar-refractivity contribution in [2.45, 2.75) is 38.1 Å². The number of hydrogen-bond donors (Lipinski definition) is 1. The molecule has 18 heavy (non-hydrogen) atoms. The third-order valence-electron chi connectivity index (χ3n) is 3.57. The van der Waals surface area contributed by atoms with E-state index in [0.717, 1.165) is 31.6 Å². The third-order valence-corrected chi connectivity index (χ3v) is 3.76. The molecule has 0 spiro atoms. The van der Waals surface area contributed by atoms with Crippen LogP contribution in [0.15, 0.2) is 6.20 Å². The monoisotopic (exact) mass is 266 g/mol. The molecule has 1 amide bonds. The molecule has 3 heterocycles. The summed E-state index contributed by atoms with van der Waals surface area (Å²) in [7, 11) is 0. The number of nitrogens with one attached hydrogen (secondary N) is 1. The first-order valence-corrected chi connectivity index (χ1v) is 6.73. The van der Waals surface area contributed by atoms with Crippen LogP contribution < -0.4 is 10.2 Å². The molecule has 3 rings (SSSR count). The average molecular weight is 267 g/mol. The Morgan fingerprint density at radius 2 is 2.17 bits per heavy atom. The Kier molecular flexibility index (Phi) is 3.07. The van der Waals surface area contributed by atoms with Crippen LogP contribution in [0.25, 0.3) is 0 Å². The lowest BCUT2D eigenvalue weighted by Gasteiger charge is -2.38. The van der Waals surface area contributed by atoms with Crippen molar-refractivity contribution < 1.29 is 4.79 Å². The zero-order valence-electron chi connectivity index (χ0n) is 10.0. The van der Waals surface area contributed by atoms with Crippen molar-refractivity contribution in [1.29, 1.82) is 0 Å². The van der Waals surface area contributed by atoms with Gasteiger partial charge in [0.2, 0.25) is 11.2 Å². The lowest BCUT2D eigenvalue weighted by molar-refractivity contribution is -0.118. The van der Waals surface area contributed by atoms with E-state index in [0.29, 0.717) is 5.69 Å². The minimum absolute atomic E-state index is 0.0512. The molecule has 0 aliphatic carbocycles. The van der Waals surface area contributed by atoms with Crippen molar-refractivity contribution in [3.8, 4) is 0 Å². The van der Waals surface area contributed by atoms with E-state index < -0.39 is 0 Å². The van der Waals surface area contributed by atoms with Crippen LogP contribution in [0.4, 0.5) is 11.5 Å². The van der Waals surface area contributed by atoms with E-state index in [9.17, 15) is 4.79 Å². The summed E-state index contributed by atoms with van der Waals surface area (Å²) in [5.41, 5.74) is 0.668. The molecule has 1 atom stereocenters. The minimum Gasteiger partial charge on any atom is -0.343 e. The molecular weight excluding hydrogens is 252 g/mol. The molecule has 1 aromatic rings. The van der Waals surface area contributed by atoms with Crippen LogP contribution in [0, 0.1) is 0 Å². The van der Waals surface area contributed by atoms with Gasteiger partial charge in [0, 0.05) is 6.54 Å². The van der Waals surface area contributed by atoms with Gasteiger partial charge in [0.1, 0.15) is 11.7 Å². The number of fused-ring (bicyclic) bond motifs is 3. The van der Waals surface area contributed by atoms with Gasteiger partial charge >= 0.3 is 0 Å². The Hall–Kier alpha value is -1.36. The molecule has 0 bridgehead atoms. The predicted octanol–water partition coefficient (Wildman–Crippen LogP) is 2.22. The molecule has 1 unspecified atom stereocenters. The summed E-state index contributed by atoms with van der Waals surface area (Å²) in [6.45, 7) is 0.860. The van der Waals surface area contributed by atoms with Crippen molar-refractivity contribution in [2.75, 3.05) is 16.8 Å². The first kappa shape index (κ1) is 11.7. The predicted molar refractivity (Wildman–Crippen MR) is 69.9 cm³/mol. The molecule has 1 aromatic heterocycles. The van der Waals surface area contributed by atoms with Crippen LogP contribution in [0.1, 0.15) is 32.1 Å². The van der Waals surface area contributed by atoms with Crippen molar-refractivity contribution in [1.82, 2.24) is 9.97 Å². The first-order valence-electron chi connectivity index (χ1n) is 6.36. The molecule has 96 valence electrons. The van der Waals surface area contributed by atoms with Crippen molar-refractivity contribution >= 4 is 29.0 Å². The second-order valence-corrected chi connectivity index (χ2v) is 5.12. The van der Waals surface area contributed by atoms with Crippen molar-refractivity contribution in [3.05, 3.63) is 11.5 Å². The second-order valence-electron chi connectivity index (χ2n) is 4.78. The van der Waals surface area contributed by atoms with Gasteiger partial charge in [-0.05, 0) is 24.4 Å². The standard InChI is InChI=1S/C12H15ClN4O/c13-12-14-7-8-10(16-12)17-6-4-2-1-3-5-9(17)11(18)15-8/h7,9H,1-6H2,(H,15,18). The molecule has 5 nitrogen and oxygen atoms in total. The summed E-state index contributed by atoms with van der Waals surface area (Å²) >= 11 is 5.86. The number of nitrogens with zero attached hydrogens (tertiary/aromatic N) is 3. The van der Waals surface area contributed by atoms with Gasteiger partial charge < -0.3 is 10.2 Å². The summed E-state index contributed by atoms with van der Waals surface area (Å²) in [4.78, 5) is 22.4. The van der Waals surface area contributed by atoms with E-state index in [1.54, 1.807) is 6.20 Å². The summed E-state index contributed by atoms with van der Waals surface area (Å²) in [6, 6.07) is -0.108. The van der Waals surface area contributed by atoms with E-state index in [2.05, 4.69) is 20.2 Å². The van der Waals surface area contributed by atoms with Crippen LogP contribution in [0.2, 0.25) is 5.28 Å². The highest BCUT2D eigenvalue weighted by atomic mass is 35.5. The van der Waals surface area contributed by atoms with Crippen LogP contribution >= 0.6 is 11.6 Å². The van der Waals surface area contributed by atoms with Gasteiger partial charge in [0.15, 0.2) is 5.82 Å². The number of anilines is 2. The fraction of sp³-hybridized carbons (Fsp3) is 0.583. The highest BCUT2D eigenvalue weighted by molar-refractivity contribution is 6.28. The Bertz CT molecular complexity index is 479. The highest BCUT2D eigenvalue weighted by Gasteiger charge is 2.34. The maximum Gasteiger partial charge on any atom is 0.247 e. The zero-order chi connectivity index (χ0) is 12.5. The van der Waals surface area contributed by atoms with Crippen LogP contribution in [0.5, 0.6) is 0 Å². The maximum absolute atomic E-state index is 12.1. The number of aromatic nitrogens is 2. The molecule has 0 saturated carbocycles. The van der Waals surface area contributed by atoms with E-state index in [1.165, 1.54) is 12.8 Å². The number of amides is 1. The molecule has 2 aliphatic heterocycles. The number of carbonyl (C=O) groups excluding carboxylic acids is 1. The van der Waals surface area contributed by atoms with Gasteiger partial charge in [-0.15, -0.1) is 0 Å². The smallest absolute Gasteiger partial charge is 0.247 e. The molecule has 1 fully saturated rings. The highest BCUT2D eigenvalue weighted by Crippen LogP contribution is 2.33. The van der Waals surface area contributed by atoms with Crippen LogP contribution in [-0.2, 0) is 4.79 Å². The molecule has 1 N–H and O–H groups in total. The van der Waals surface area contributed by atoms with E-state index in [4.69, 9.17) is 11.6 Å². The summed E-state index contributed by atoms with van der Waals surface area (Å²) in [6.07, 6.45) is 7.05. The van der Waals surface area contributed by atoms with E-state index in [1.807, 2.05) is 0 Å². The molecule has 0 radical (unpaired) electrons. The number of rotatable bonds is 0. The van der Waals surface area contributed by atoms with E-state index >= 15 is 0 Å². The Balaban J connectivity index is 2.00. The van der Waals surface area contributed by atoms with Crippen molar-refractivity contribution in [2.24, 2.45) is 0 Å². The van der Waals surface area contributed by atoms with Crippen LogP contribution in [0.3, 0.4) is 0 Å². The SMILES string of the molecule is O=C1Nc2cnc(Cl)nc2N2CCCCCCC12. The molecule has 1 saturated heterocycles. The molecule has 6 heteroatoms. The molecule has 2 aliphatic rings. The van der Waals surface area contributed by atoms with Gasteiger partial charge in [-0.3, -0.25) is 4.79 Å². The summed E-state index contributed by atoms with van der Waals surface area (Å²) < 4.78 is 0. The second kappa shape index (κ2) is 4.72. The Morgan fingerprint density at radius 3 is 3.06 bits per heavy atom. The Labute approximate surface area is 111 Å². The fourth-order valence-electron chi connectivity index (χ4n) is 2.69. The van der Waals surface area contributed by atoms with Gasteiger partial charge in [-0.2, -0.15) is 4.98 Å². The normalized spacial score (nSPS) is 23.5. The number of halogens is 1. The number of hydrogen-bond acceptors (Lipinski definition) is 4. The zero-order valence-corrected chi connectivity index (χ0v) is 10.8. The quantitative estimate of drug-likeness (QED) is 0.732. The lowest BCUT2D eigenvalue weighted by atomic mass is 9.99. The Morgan fingerprint density at radius 1 is 1.33 bits per heavy atom. The topological polar surface area (TPSA) is 58.1 Å². The van der Waals surface area contributed by atoms with Gasteiger partial charge in [-0.1, -0.05) is 19.3 Å². The largest absolute Gasteiger partial charge is 0.343 e. The van der Waals surface area contributed by atoms with Gasteiger partial charge in [0.25, 0.3) is 0 Å². The third kappa shape index (κ3) is 2.03. The van der Waals surface area contributed by atoms with Crippen molar-refractivity contribution in [3.63, 3.8) is 0 Å². The summed E-state index contributed by atoms with van der Waals surface area (Å²) in [5, 5.41) is 3.10. The summed E-state index contributed by atoms with van der Waals surface area (Å²) in [5.74, 6) is 0.817. The number of carbonyl (C=O) groups is 1. The average Bonchev–Trinajstić information content (AvgIpc) is 2.30. The van der Waals surface area contributed by atoms with Gasteiger partial charge in [0.05, 0.1) is 6.20 Å². The molecule has 0 aromatic carbocycles. The lowest BCUT2D eigenvalue weighted by Crippen LogP contribution is -2.49. The van der Waals surface area contributed by atoms with E-state index in [-0.39, 0.29) is 17.2 Å². The fourth-order valence-corrected chi connectivity index (χ4v) is 2.82. The first-order chi connectivity index (χ1) is 8.75. The molecular formula is C12H15ClN4O.